The number of esters is 1. The van der Waals surface area contributed by atoms with Gasteiger partial charge in [-0.1, -0.05) is 0 Å². The first-order valence-corrected chi connectivity index (χ1v) is 14.7. The van der Waals surface area contributed by atoms with Crippen LogP contribution in [0, 0.1) is 0 Å². The summed E-state index contributed by atoms with van der Waals surface area (Å²) >= 11 is 4.49. The van der Waals surface area contributed by atoms with Gasteiger partial charge in [0.15, 0.2) is 0 Å². The molecule has 5 heteroatoms. The molecule has 3 aromatic carbocycles. The van der Waals surface area contributed by atoms with E-state index in [9.17, 15) is 4.79 Å². The molecule has 160 valence electrons. The summed E-state index contributed by atoms with van der Waals surface area (Å²) in [6.45, 7) is -0.0762. The summed E-state index contributed by atoms with van der Waals surface area (Å²) in [5, 5.41) is 1.68. The first-order chi connectivity index (χ1) is 15.1. The Balaban J connectivity index is 2.07. The summed E-state index contributed by atoms with van der Waals surface area (Å²) in [4.78, 5) is 11.8. The van der Waals surface area contributed by atoms with Crippen molar-refractivity contribution in [3.05, 3.63) is 102 Å². The molecule has 31 heavy (non-hydrogen) atoms. The Bertz CT molecular complexity index is 982. The zero-order valence-corrected chi connectivity index (χ0v) is 20.0. The van der Waals surface area contributed by atoms with Gasteiger partial charge in [0.05, 0.1) is 0 Å². The number of carbonyl (C=O) groups is 1. The molecule has 0 bridgehead atoms. The van der Waals surface area contributed by atoms with Gasteiger partial charge in [0.1, 0.15) is 0 Å². The van der Waals surface area contributed by atoms with Crippen LogP contribution in [0.1, 0.15) is 19.3 Å². The molecule has 0 spiro atoms. The van der Waals surface area contributed by atoms with E-state index in [2.05, 4.69) is 88.3 Å². The number of carbonyl (C=O) groups excluding carboxylic acids is 1. The van der Waals surface area contributed by atoms with Crippen molar-refractivity contribution in [2.24, 2.45) is 0 Å². The third kappa shape index (κ3) is 3.62. The second-order valence-corrected chi connectivity index (χ2v) is 16.0. The van der Waals surface area contributed by atoms with Crippen LogP contribution in [0.4, 0.5) is 0 Å². The number of ether oxygens (including phenoxy) is 2. The number of methoxy groups -OCH3 is 1. The minimum atomic E-state index is -3.24. The van der Waals surface area contributed by atoms with E-state index < -0.39 is 5.31 Å². The summed E-state index contributed by atoms with van der Waals surface area (Å²) in [6, 6.07) is 31.9. The van der Waals surface area contributed by atoms with E-state index >= 15 is 0 Å². The Labute approximate surface area is 191 Å². The van der Waals surface area contributed by atoms with Crippen molar-refractivity contribution in [1.29, 1.82) is 0 Å². The zero-order chi connectivity index (χ0) is 21.8. The molecule has 0 atom stereocenters. The van der Waals surface area contributed by atoms with Gasteiger partial charge in [-0.05, 0) is 0 Å². The molecule has 0 unspecified atom stereocenters. The van der Waals surface area contributed by atoms with Crippen LogP contribution < -0.4 is 15.9 Å². The summed E-state index contributed by atoms with van der Waals surface area (Å²) in [5.41, 5.74) is 0. The monoisotopic (exact) mass is 496 g/mol. The van der Waals surface area contributed by atoms with Crippen LogP contribution in [0.25, 0.3) is 0 Å². The number of allylic oxidation sites excluding steroid dienone is 2. The average molecular weight is 497 g/mol. The Morgan fingerprint density at radius 3 is 1.68 bits per heavy atom. The van der Waals surface area contributed by atoms with E-state index in [1.807, 2.05) is 18.2 Å². The number of halogens is 1. The maximum absolute atomic E-state index is 11.8. The topological polar surface area (TPSA) is 35.5 Å². The number of hydrogen-bond acceptors (Lipinski definition) is 3. The Morgan fingerprint density at radius 2 is 1.26 bits per heavy atom. The van der Waals surface area contributed by atoms with Gasteiger partial charge in [-0.15, -0.1) is 0 Å². The third-order valence-electron chi connectivity index (χ3n) is 5.96. The number of rotatable bonds is 7. The molecule has 3 nitrogen and oxygen atoms in total. The van der Waals surface area contributed by atoms with Crippen LogP contribution >= 0.6 is 20.8 Å². The predicted molar refractivity (Wildman–Crippen MR) is 133 cm³/mol. The first kappa shape index (κ1) is 21.8. The second kappa shape index (κ2) is 8.98. The molecular weight excluding hydrogens is 471 g/mol. The molecule has 4 rings (SSSR count). The van der Waals surface area contributed by atoms with E-state index in [0.717, 1.165) is 25.0 Å². The third-order valence-corrected chi connectivity index (χ3v) is 16.2. The first-order valence-electron chi connectivity index (χ1n) is 10.4. The van der Waals surface area contributed by atoms with E-state index in [1.54, 1.807) is 0 Å². The fourth-order valence-electron chi connectivity index (χ4n) is 4.54. The van der Waals surface area contributed by atoms with Crippen molar-refractivity contribution < 1.29 is 14.3 Å². The van der Waals surface area contributed by atoms with Gasteiger partial charge in [0.2, 0.25) is 0 Å². The van der Waals surface area contributed by atoms with Gasteiger partial charge in [-0.3, -0.25) is 0 Å². The van der Waals surface area contributed by atoms with Crippen molar-refractivity contribution >= 4 is 42.7 Å². The summed E-state index contributed by atoms with van der Waals surface area (Å²) in [5.74, 6) is 0.532. The molecule has 0 heterocycles. The molecule has 0 amide bonds. The van der Waals surface area contributed by atoms with Gasteiger partial charge >= 0.3 is 192 Å². The molecule has 1 aliphatic rings. The van der Waals surface area contributed by atoms with Crippen LogP contribution in [0.15, 0.2) is 102 Å². The summed E-state index contributed by atoms with van der Waals surface area (Å²) < 4.78 is 10.9. The van der Waals surface area contributed by atoms with Crippen molar-refractivity contribution in [2.75, 3.05) is 13.7 Å². The standard InChI is InChI=1S/C26H26BrO3P/c1-29-26(28)20-30-24-18-11-19-25(24)31(27,21-12-5-2-6-13-21,22-14-7-3-8-15-22)23-16-9-4-10-17-23/h2-10,12-17H,11,18-20H2,1H3. The quantitative estimate of drug-likeness (QED) is 0.324. The van der Waals surface area contributed by atoms with Crippen molar-refractivity contribution in [1.82, 2.24) is 0 Å². The summed E-state index contributed by atoms with van der Waals surface area (Å²) in [7, 11) is 1.39. The molecule has 1 aliphatic carbocycles. The van der Waals surface area contributed by atoms with Gasteiger partial charge in [0, 0.05) is 0 Å². The van der Waals surface area contributed by atoms with Crippen LogP contribution in [-0.2, 0) is 14.3 Å². The Morgan fingerprint density at radius 1 is 0.806 bits per heavy atom. The number of hydrogen-bond donors (Lipinski definition) is 0. The Kier molecular flexibility index (Phi) is 6.31. The second-order valence-electron chi connectivity index (χ2n) is 7.60. The van der Waals surface area contributed by atoms with E-state index in [0.29, 0.717) is 0 Å². The van der Waals surface area contributed by atoms with E-state index in [4.69, 9.17) is 9.47 Å². The molecular formula is C26H26BrO3P. The molecule has 0 saturated carbocycles. The fourth-order valence-corrected chi connectivity index (χ4v) is 13.0. The molecule has 0 fully saturated rings. The van der Waals surface area contributed by atoms with Crippen LogP contribution in [0.2, 0.25) is 0 Å². The molecule has 3 aromatic rings. The zero-order valence-electron chi connectivity index (χ0n) is 17.5. The molecule has 0 N–H and O–H groups in total. The van der Waals surface area contributed by atoms with Crippen LogP contribution in [-0.4, -0.2) is 19.7 Å². The van der Waals surface area contributed by atoms with Crippen molar-refractivity contribution in [2.45, 2.75) is 19.3 Å². The average Bonchev–Trinajstić information content (AvgIpc) is 3.33. The van der Waals surface area contributed by atoms with Gasteiger partial charge in [-0.2, -0.15) is 0 Å². The fraction of sp³-hybridized carbons (Fsp3) is 0.192. The molecule has 0 radical (unpaired) electrons. The Hall–Kier alpha value is -2.42. The van der Waals surface area contributed by atoms with E-state index in [-0.39, 0.29) is 12.6 Å². The predicted octanol–water partition coefficient (Wildman–Crippen LogP) is 5.41. The SMILES string of the molecule is COC(=O)COC1=C(P(Br)(c2ccccc2)(c2ccccc2)c2ccccc2)CCC1. The van der Waals surface area contributed by atoms with Crippen LogP contribution in [0.3, 0.4) is 0 Å². The van der Waals surface area contributed by atoms with Gasteiger partial charge in [-0.25, -0.2) is 0 Å². The van der Waals surface area contributed by atoms with Crippen molar-refractivity contribution in [3.8, 4) is 0 Å². The van der Waals surface area contributed by atoms with Gasteiger partial charge < -0.3 is 0 Å². The molecule has 0 aromatic heterocycles. The summed E-state index contributed by atoms with van der Waals surface area (Å²) in [6.07, 6.45) is 2.70. The van der Waals surface area contributed by atoms with E-state index in [1.165, 1.54) is 28.3 Å². The minimum absolute atomic E-state index is 0.0762. The normalized spacial score (nSPS) is 15.2. The van der Waals surface area contributed by atoms with Crippen LogP contribution in [0.5, 0.6) is 0 Å². The van der Waals surface area contributed by atoms with Gasteiger partial charge in [0.25, 0.3) is 0 Å². The maximum atomic E-state index is 11.8. The molecule has 0 aliphatic heterocycles. The van der Waals surface area contributed by atoms with Crippen molar-refractivity contribution in [3.63, 3.8) is 0 Å². The number of benzene rings is 3. The molecule has 0 saturated heterocycles.